The Bertz CT molecular complexity index is 842. The summed E-state index contributed by atoms with van der Waals surface area (Å²) < 4.78 is 10.8. The van der Waals surface area contributed by atoms with Crippen molar-refractivity contribution < 1.29 is 9.26 Å². The maximum absolute atomic E-state index is 6.04. The van der Waals surface area contributed by atoms with E-state index in [1.165, 1.54) is 6.42 Å². The van der Waals surface area contributed by atoms with E-state index >= 15 is 0 Å². The largest absolute Gasteiger partial charge is 0.379 e. The van der Waals surface area contributed by atoms with E-state index in [-0.39, 0.29) is 24.0 Å². The van der Waals surface area contributed by atoms with Crippen LogP contribution in [0.3, 0.4) is 0 Å². The maximum Gasteiger partial charge on any atom is 0.246 e. The molecule has 164 valence electrons. The molecule has 2 aliphatic heterocycles. The van der Waals surface area contributed by atoms with Crippen LogP contribution in [0.15, 0.2) is 33.8 Å². The van der Waals surface area contributed by atoms with Crippen molar-refractivity contribution in [2.24, 2.45) is 10.9 Å². The number of hydrogen-bond donors (Lipinski definition) is 1. The number of nitrogens with one attached hydrogen (secondary N) is 1. The summed E-state index contributed by atoms with van der Waals surface area (Å²) in [6, 6.07) is 7.42. The number of aromatic nitrogens is 2. The summed E-state index contributed by atoms with van der Waals surface area (Å²) in [5.74, 6) is 2.58. The van der Waals surface area contributed by atoms with Crippen LogP contribution >= 0.6 is 35.6 Å². The summed E-state index contributed by atoms with van der Waals surface area (Å²) in [4.78, 5) is 13.7. The SMILES string of the molecule is CN=C(NCc1nc(-c2cccc(Cl)c2)no1)N1CCC(CN2CCOCC2)C1.I. The van der Waals surface area contributed by atoms with Crippen molar-refractivity contribution in [3.8, 4) is 11.4 Å². The smallest absolute Gasteiger partial charge is 0.246 e. The summed E-state index contributed by atoms with van der Waals surface area (Å²) in [5.41, 5.74) is 0.836. The van der Waals surface area contributed by atoms with E-state index < -0.39 is 0 Å². The normalized spacial score (nSPS) is 20.3. The van der Waals surface area contributed by atoms with E-state index in [1.807, 2.05) is 31.3 Å². The second-order valence-electron chi connectivity index (χ2n) is 7.44. The lowest BCUT2D eigenvalue weighted by Crippen LogP contribution is -2.42. The lowest BCUT2D eigenvalue weighted by molar-refractivity contribution is 0.0315. The molecule has 3 heterocycles. The van der Waals surface area contributed by atoms with Crippen LogP contribution in [0.1, 0.15) is 12.3 Å². The third-order valence-corrected chi connectivity index (χ3v) is 5.60. The molecular formula is C20H28ClIN6O2. The zero-order valence-electron chi connectivity index (χ0n) is 17.1. The number of likely N-dealkylation sites (tertiary alicyclic amines) is 1. The number of ether oxygens (including phenoxy) is 1. The molecule has 1 N–H and O–H groups in total. The Kier molecular flexibility index (Phi) is 8.72. The Labute approximate surface area is 199 Å². The monoisotopic (exact) mass is 546 g/mol. The molecule has 2 fully saturated rings. The lowest BCUT2D eigenvalue weighted by atomic mass is 10.1. The van der Waals surface area contributed by atoms with Crippen molar-refractivity contribution >= 4 is 41.5 Å². The first-order valence-electron chi connectivity index (χ1n) is 10.1. The molecular weight excluding hydrogens is 519 g/mol. The van der Waals surface area contributed by atoms with Gasteiger partial charge in [-0.05, 0) is 24.5 Å². The van der Waals surface area contributed by atoms with Gasteiger partial charge in [-0.3, -0.25) is 9.89 Å². The average Bonchev–Trinajstić information content (AvgIpc) is 3.39. The van der Waals surface area contributed by atoms with Gasteiger partial charge in [0, 0.05) is 50.4 Å². The van der Waals surface area contributed by atoms with Gasteiger partial charge in [0.25, 0.3) is 0 Å². The minimum atomic E-state index is 0. The first-order chi connectivity index (χ1) is 14.2. The van der Waals surface area contributed by atoms with Crippen molar-refractivity contribution in [1.29, 1.82) is 0 Å². The topological polar surface area (TPSA) is 79.0 Å². The Hall–Kier alpha value is -1.43. The van der Waals surface area contributed by atoms with Crippen LogP contribution in [0.25, 0.3) is 11.4 Å². The Balaban J connectivity index is 0.00000256. The summed E-state index contributed by atoms with van der Waals surface area (Å²) in [6.45, 7) is 7.35. The number of halogens is 2. The predicted molar refractivity (Wildman–Crippen MR) is 127 cm³/mol. The van der Waals surface area contributed by atoms with Gasteiger partial charge in [-0.2, -0.15) is 4.98 Å². The molecule has 1 aromatic heterocycles. The molecule has 0 spiro atoms. The van der Waals surface area contributed by atoms with Crippen LogP contribution in [0, 0.1) is 5.92 Å². The maximum atomic E-state index is 6.04. The highest BCUT2D eigenvalue weighted by atomic mass is 127. The Morgan fingerprint density at radius 3 is 2.90 bits per heavy atom. The third kappa shape index (κ3) is 6.05. The highest BCUT2D eigenvalue weighted by Crippen LogP contribution is 2.20. The minimum Gasteiger partial charge on any atom is -0.379 e. The van der Waals surface area contributed by atoms with E-state index in [0.717, 1.165) is 57.5 Å². The van der Waals surface area contributed by atoms with Crippen molar-refractivity contribution in [3.63, 3.8) is 0 Å². The number of guanidine groups is 1. The van der Waals surface area contributed by atoms with Gasteiger partial charge in [0.2, 0.25) is 11.7 Å². The summed E-state index contributed by atoms with van der Waals surface area (Å²) in [6.07, 6.45) is 1.18. The molecule has 30 heavy (non-hydrogen) atoms. The van der Waals surface area contributed by atoms with E-state index in [4.69, 9.17) is 20.9 Å². The molecule has 1 atom stereocenters. The molecule has 10 heteroatoms. The minimum absolute atomic E-state index is 0. The van der Waals surface area contributed by atoms with Gasteiger partial charge < -0.3 is 19.5 Å². The molecule has 0 aliphatic carbocycles. The molecule has 1 unspecified atom stereocenters. The number of hydrogen-bond acceptors (Lipinski definition) is 6. The number of aliphatic imine (C=N–C) groups is 1. The molecule has 0 saturated carbocycles. The number of benzene rings is 1. The van der Waals surface area contributed by atoms with Gasteiger partial charge >= 0.3 is 0 Å². The zero-order chi connectivity index (χ0) is 20.1. The highest BCUT2D eigenvalue weighted by Gasteiger charge is 2.27. The fraction of sp³-hybridized carbons (Fsp3) is 0.550. The van der Waals surface area contributed by atoms with Crippen LogP contribution in [-0.2, 0) is 11.3 Å². The van der Waals surface area contributed by atoms with Gasteiger partial charge in [0.15, 0.2) is 5.96 Å². The Morgan fingerprint density at radius 1 is 1.30 bits per heavy atom. The second-order valence-corrected chi connectivity index (χ2v) is 7.87. The van der Waals surface area contributed by atoms with E-state index in [2.05, 4.69) is 30.2 Å². The van der Waals surface area contributed by atoms with Crippen molar-refractivity contribution in [2.75, 3.05) is 53.0 Å². The molecule has 0 radical (unpaired) electrons. The lowest BCUT2D eigenvalue weighted by Gasteiger charge is -2.29. The summed E-state index contributed by atoms with van der Waals surface area (Å²) in [7, 11) is 1.81. The van der Waals surface area contributed by atoms with Gasteiger partial charge in [-0.1, -0.05) is 28.9 Å². The Morgan fingerprint density at radius 2 is 2.13 bits per heavy atom. The van der Waals surface area contributed by atoms with Gasteiger partial charge in [-0.15, -0.1) is 24.0 Å². The van der Waals surface area contributed by atoms with Gasteiger partial charge in [-0.25, -0.2) is 0 Å². The van der Waals surface area contributed by atoms with Crippen LogP contribution < -0.4 is 5.32 Å². The fourth-order valence-electron chi connectivity index (χ4n) is 3.88. The quantitative estimate of drug-likeness (QED) is 0.351. The van der Waals surface area contributed by atoms with Crippen LogP contribution in [-0.4, -0.2) is 78.9 Å². The first-order valence-corrected chi connectivity index (χ1v) is 10.4. The van der Waals surface area contributed by atoms with Crippen molar-refractivity contribution in [3.05, 3.63) is 35.2 Å². The molecule has 0 amide bonds. The molecule has 2 aliphatic rings. The molecule has 8 nitrogen and oxygen atoms in total. The molecule has 2 aromatic rings. The van der Waals surface area contributed by atoms with Crippen LogP contribution in [0.4, 0.5) is 0 Å². The number of rotatable bonds is 5. The van der Waals surface area contributed by atoms with E-state index in [0.29, 0.717) is 29.2 Å². The van der Waals surface area contributed by atoms with Crippen LogP contribution in [0.5, 0.6) is 0 Å². The summed E-state index contributed by atoms with van der Waals surface area (Å²) in [5, 5.41) is 8.05. The molecule has 1 aromatic carbocycles. The van der Waals surface area contributed by atoms with Crippen molar-refractivity contribution in [1.82, 2.24) is 25.3 Å². The van der Waals surface area contributed by atoms with E-state index in [9.17, 15) is 0 Å². The zero-order valence-corrected chi connectivity index (χ0v) is 20.2. The van der Waals surface area contributed by atoms with Crippen molar-refractivity contribution in [2.45, 2.75) is 13.0 Å². The van der Waals surface area contributed by atoms with Crippen LogP contribution in [0.2, 0.25) is 5.02 Å². The van der Waals surface area contributed by atoms with Gasteiger partial charge in [0.05, 0.1) is 19.8 Å². The third-order valence-electron chi connectivity index (χ3n) is 5.37. The van der Waals surface area contributed by atoms with E-state index in [1.54, 1.807) is 0 Å². The first kappa shape index (κ1) is 23.2. The second kappa shape index (κ2) is 11.3. The average molecular weight is 547 g/mol. The number of nitrogens with zero attached hydrogens (tertiary/aromatic N) is 5. The highest BCUT2D eigenvalue weighted by molar-refractivity contribution is 14.0. The number of morpholine rings is 1. The van der Waals surface area contributed by atoms with Gasteiger partial charge in [0.1, 0.15) is 0 Å². The predicted octanol–water partition coefficient (Wildman–Crippen LogP) is 2.74. The molecule has 4 rings (SSSR count). The molecule has 0 bridgehead atoms. The summed E-state index contributed by atoms with van der Waals surface area (Å²) >= 11 is 6.04. The standard InChI is InChI=1S/C20H27ClN6O2.HI/c1-22-20(27-6-5-15(14-27)13-26-7-9-28-10-8-26)23-12-18-24-19(25-29-18)16-3-2-4-17(21)11-16;/h2-4,11,15H,5-10,12-14H2,1H3,(H,22,23);1H. The molecule has 2 saturated heterocycles. The fourth-order valence-corrected chi connectivity index (χ4v) is 4.07.